The maximum absolute atomic E-state index is 12.2. The third-order valence-electron chi connectivity index (χ3n) is 1.40. The summed E-state index contributed by atoms with van der Waals surface area (Å²) in [5.41, 5.74) is -2.40. The normalized spacial score (nSPS) is 10.6. The van der Waals surface area contributed by atoms with Gasteiger partial charge in [-0.25, -0.2) is 8.78 Å². The molecule has 0 aromatic carbocycles. The van der Waals surface area contributed by atoms with Crippen LogP contribution in [0.4, 0.5) is 14.5 Å². The smallest absolute Gasteiger partial charge is 0.291 e. The second-order valence-corrected chi connectivity index (χ2v) is 3.10. The van der Waals surface area contributed by atoms with Crippen LogP contribution in [-0.2, 0) is 0 Å². The lowest BCUT2D eigenvalue weighted by Gasteiger charge is -2.02. The Morgan fingerprint density at radius 3 is 2.57 bits per heavy atom. The molecule has 0 aliphatic carbocycles. The van der Waals surface area contributed by atoms with Gasteiger partial charge in [0.1, 0.15) is 10.2 Å². The zero-order valence-electron chi connectivity index (χ0n) is 6.46. The molecule has 0 radical (unpaired) electrons. The number of pyridine rings is 1. The lowest BCUT2D eigenvalue weighted by molar-refractivity contribution is -0.386. The Morgan fingerprint density at radius 1 is 1.57 bits per heavy atom. The van der Waals surface area contributed by atoms with Crippen molar-refractivity contribution in [2.24, 2.45) is 0 Å². The minimum Gasteiger partial charge on any atom is -0.320 e. The van der Waals surface area contributed by atoms with Crippen molar-refractivity contribution >= 4 is 21.6 Å². The van der Waals surface area contributed by atoms with Crippen molar-refractivity contribution in [2.45, 2.75) is 6.43 Å². The van der Waals surface area contributed by atoms with Gasteiger partial charge in [0.15, 0.2) is 0 Å². The minimum atomic E-state index is -2.98. The molecule has 8 heteroatoms. The Morgan fingerprint density at radius 2 is 2.14 bits per heavy atom. The van der Waals surface area contributed by atoms with E-state index >= 15 is 0 Å². The predicted octanol–water partition coefficient (Wildman–Crippen LogP) is 1.98. The maximum Gasteiger partial charge on any atom is 0.291 e. The molecule has 76 valence electrons. The van der Waals surface area contributed by atoms with Crippen LogP contribution in [0.1, 0.15) is 12.1 Å². The molecule has 0 bridgehead atoms. The van der Waals surface area contributed by atoms with Gasteiger partial charge in [0.05, 0.1) is 11.0 Å². The molecule has 1 rings (SSSR count). The van der Waals surface area contributed by atoms with E-state index in [1.165, 1.54) is 0 Å². The third kappa shape index (κ3) is 1.95. The highest BCUT2D eigenvalue weighted by Crippen LogP contribution is 2.31. The fourth-order valence-corrected chi connectivity index (χ4v) is 1.36. The highest BCUT2D eigenvalue weighted by atomic mass is 79.9. The molecule has 0 aliphatic rings. The number of nitro groups is 1. The lowest BCUT2D eigenvalue weighted by atomic mass is 10.3. The van der Waals surface area contributed by atoms with Gasteiger partial charge in [-0.05, 0) is 15.9 Å². The van der Waals surface area contributed by atoms with Crippen LogP contribution in [-0.4, -0.2) is 9.91 Å². The molecule has 0 aliphatic heterocycles. The summed E-state index contributed by atoms with van der Waals surface area (Å²) in [5.74, 6) is 0. The number of nitrogens with zero attached hydrogens (tertiary/aromatic N) is 1. The molecule has 5 nitrogen and oxygen atoms in total. The van der Waals surface area contributed by atoms with Crippen LogP contribution in [0.25, 0.3) is 0 Å². The van der Waals surface area contributed by atoms with E-state index in [1.54, 1.807) is 0 Å². The Balaban J connectivity index is 3.48. The van der Waals surface area contributed by atoms with Crippen LogP contribution in [0, 0.1) is 10.1 Å². The first-order valence-corrected chi connectivity index (χ1v) is 4.08. The van der Waals surface area contributed by atoms with Gasteiger partial charge >= 0.3 is 0 Å². The molecule has 1 heterocycles. The van der Waals surface area contributed by atoms with Crippen LogP contribution in [0.15, 0.2) is 15.3 Å². The summed E-state index contributed by atoms with van der Waals surface area (Å²) in [7, 11) is 0. The summed E-state index contributed by atoms with van der Waals surface area (Å²) < 4.78 is 24.1. The SMILES string of the molecule is O=c1cc([N+](=O)[O-])c(Br)c(C(F)F)[nH]1. The van der Waals surface area contributed by atoms with Crippen molar-refractivity contribution in [3.8, 4) is 0 Å². The van der Waals surface area contributed by atoms with Crippen molar-refractivity contribution < 1.29 is 13.7 Å². The van der Waals surface area contributed by atoms with E-state index in [2.05, 4.69) is 15.9 Å². The summed E-state index contributed by atoms with van der Waals surface area (Å²) in [4.78, 5) is 22.0. The number of rotatable bonds is 2. The number of nitrogens with one attached hydrogen (secondary N) is 1. The van der Waals surface area contributed by atoms with Gasteiger partial charge in [0.2, 0.25) is 0 Å². The second-order valence-electron chi connectivity index (χ2n) is 2.30. The average molecular weight is 269 g/mol. The number of hydrogen-bond acceptors (Lipinski definition) is 3. The van der Waals surface area contributed by atoms with E-state index in [-0.39, 0.29) is 0 Å². The standard InChI is InChI=1S/C6H3BrF2N2O3/c7-4-2(11(13)14)1-3(12)10-5(4)6(8)9/h1,6H,(H,10,12). The molecular weight excluding hydrogens is 266 g/mol. The number of halogens is 3. The third-order valence-corrected chi connectivity index (χ3v) is 2.24. The molecule has 1 N–H and O–H groups in total. The summed E-state index contributed by atoms with van der Waals surface area (Å²) in [6.45, 7) is 0. The number of alkyl halides is 2. The Hall–Kier alpha value is -1.31. The van der Waals surface area contributed by atoms with Gasteiger partial charge < -0.3 is 4.98 Å². The molecule has 0 saturated carbocycles. The zero-order chi connectivity index (χ0) is 10.9. The van der Waals surface area contributed by atoms with Gasteiger partial charge in [-0.15, -0.1) is 0 Å². The van der Waals surface area contributed by atoms with Gasteiger partial charge in [0.25, 0.3) is 17.7 Å². The fourth-order valence-electron chi connectivity index (χ4n) is 0.832. The van der Waals surface area contributed by atoms with Gasteiger partial charge in [-0.2, -0.15) is 0 Å². The van der Waals surface area contributed by atoms with Crippen LogP contribution in [0.3, 0.4) is 0 Å². The molecule has 1 aromatic heterocycles. The second kappa shape index (κ2) is 3.82. The summed E-state index contributed by atoms with van der Waals surface area (Å²) in [6.07, 6.45) is -2.98. The first kappa shape index (κ1) is 10.8. The predicted molar refractivity (Wildman–Crippen MR) is 46.4 cm³/mol. The van der Waals surface area contributed by atoms with Crippen molar-refractivity contribution in [3.63, 3.8) is 0 Å². The summed E-state index contributed by atoms with van der Waals surface area (Å²) in [5, 5.41) is 10.3. The molecule has 0 fully saturated rings. The highest BCUT2D eigenvalue weighted by molar-refractivity contribution is 9.10. The number of H-pyrrole nitrogens is 1. The first-order valence-electron chi connectivity index (χ1n) is 3.28. The largest absolute Gasteiger partial charge is 0.320 e. The summed E-state index contributed by atoms with van der Waals surface area (Å²) in [6, 6.07) is 0.635. The number of hydrogen-bond donors (Lipinski definition) is 1. The molecule has 0 unspecified atom stereocenters. The highest BCUT2D eigenvalue weighted by Gasteiger charge is 2.22. The van der Waals surface area contributed by atoms with Crippen molar-refractivity contribution in [3.05, 3.63) is 36.7 Å². The quantitative estimate of drug-likeness (QED) is 0.658. The Kier molecular flexibility index (Phi) is 2.94. The van der Waals surface area contributed by atoms with Crippen LogP contribution in [0.2, 0.25) is 0 Å². The Bertz CT molecular complexity index is 432. The molecule has 0 spiro atoms. The van der Waals surface area contributed by atoms with Gasteiger partial charge in [-0.1, -0.05) is 0 Å². The van der Waals surface area contributed by atoms with Crippen molar-refractivity contribution in [1.82, 2.24) is 4.98 Å². The van der Waals surface area contributed by atoms with Crippen LogP contribution < -0.4 is 5.56 Å². The molecule has 0 amide bonds. The minimum absolute atomic E-state index is 0.405. The fraction of sp³-hybridized carbons (Fsp3) is 0.167. The topological polar surface area (TPSA) is 76.0 Å². The molecular formula is C6H3BrF2N2O3. The first-order chi connectivity index (χ1) is 6.43. The van der Waals surface area contributed by atoms with Gasteiger partial charge in [-0.3, -0.25) is 14.9 Å². The zero-order valence-corrected chi connectivity index (χ0v) is 8.05. The average Bonchev–Trinajstić information content (AvgIpc) is 2.07. The number of aromatic amines is 1. The van der Waals surface area contributed by atoms with Crippen LogP contribution >= 0.6 is 15.9 Å². The van der Waals surface area contributed by atoms with E-state index in [0.717, 1.165) is 0 Å². The van der Waals surface area contributed by atoms with E-state index in [0.29, 0.717) is 6.07 Å². The van der Waals surface area contributed by atoms with E-state index in [9.17, 15) is 23.7 Å². The van der Waals surface area contributed by atoms with Crippen molar-refractivity contribution in [1.29, 1.82) is 0 Å². The van der Waals surface area contributed by atoms with E-state index in [1.807, 2.05) is 4.98 Å². The number of aromatic nitrogens is 1. The Labute approximate surface area is 84.0 Å². The molecule has 0 atom stereocenters. The van der Waals surface area contributed by atoms with E-state index in [4.69, 9.17) is 0 Å². The van der Waals surface area contributed by atoms with Gasteiger partial charge in [0, 0.05) is 0 Å². The monoisotopic (exact) mass is 268 g/mol. The van der Waals surface area contributed by atoms with E-state index < -0.39 is 32.8 Å². The lowest BCUT2D eigenvalue weighted by Crippen LogP contribution is -2.11. The van der Waals surface area contributed by atoms with Crippen LogP contribution in [0.5, 0.6) is 0 Å². The molecule has 14 heavy (non-hydrogen) atoms. The summed E-state index contributed by atoms with van der Waals surface area (Å²) >= 11 is 2.62. The van der Waals surface area contributed by atoms with Crippen molar-refractivity contribution in [2.75, 3.05) is 0 Å². The maximum atomic E-state index is 12.2. The molecule has 1 aromatic rings. The molecule has 0 saturated heterocycles.